The van der Waals surface area contributed by atoms with Crippen LogP contribution in [0.15, 0.2) is 6.20 Å². The van der Waals surface area contributed by atoms with Gasteiger partial charge in [-0.3, -0.25) is 4.79 Å². The van der Waals surface area contributed by atoms with Gasteiger partial charge < -0.3 is 31.8 Å². The van der Waals surface area contributed by atoms with E-state index >= 15 is 0 Å². The quantitative estimate of drug-likeness (QED) is 0.333. The maximum Gasteiger partial charge on any atom is 0.255 e. The maximum absolute atomic E-state index is 12.3. The molecular formula is C18H27N7O2. The highest BCUT2D eigenvalue weighted by molar-refractivity contribution is 6.13. The lowest BCUT2D eigenvalue weighted by molar-refractivity contribution is 0.0965. The molecule has 1 aromatic heterocycles. The fraction of sp³-hybridized carbons (Fsp3) is 0.556. The van der Waals surface area contributed by atoms with Crippen LogP contribution < -0.4 is 21.7 Å². The van der Waals surface area contributed by atoms with Crippen LogP contribution in [0, 0.1) is 5.41 Å². The SMILES string of the molecule is COCCN/C=C(\C=N)c1nc(NC2CCCCC2N)nc2c1C(=O)NC2. The van der Waals surface area contributed by atoms with E-state index in [0.29, 0.717) is 48.2 Å². The Morgan fingerprint density at radius 3 is 2.96 bits per heavy atom. The van der Waals surface area contributed by atoms with Crippen LogP contribution in [-0.2, 0) is 11.3 Å². The van der Waals surface area contributed by atoms with Gasteiger partial charge in [-0.15, -0.1) is 0 Å². The van der Waals surface area contributed by atoms with Crippen molar-refractivity contribution in [2.75, 3.05) is 25.6 Å². The van der Waals surface area contributed by atoms with Crippen LogP contribution in [-0.4, -0.2) is 54.4 Å². The van der Waals surface area contributed by atoms with E-state index in [1.54, 1.807) is 13.3 Å². The van der Waals surface area contributed by atoms with Crippen LogP contribution in [0.4, 0.5) is 5.95 Å². The van der Waals surface area contributed by atoms with Crippen molar-refractivity contribution in [1.82, 2.24) is 20.6 Å². The first kappa shape index (κ1) is 19.2. The van der Waals surface area contributed by atoms with E-state index in [9.17, 15) is 4.79 Å². The summed E-state index contributed by atoms with van der Waals surface area (Å²) in [4.78, 5) is 21.3. The van der Waals surface area contributed by atoms with Gasteiger partial charge in [0, 0.05) is 43.7 Å². The lowest BCUT2D eigenvalue weighted by Crippen LogP contribution is -2.43. The predicted molar refractivity (Wildman–Crippen MR) is 104 cm³/mol. The molecule has 0 aromatic carbocycles. The molecule has 6 N–H and O–H groups in total. The summed E-state index contributed by atoms with van der Waals surface area (Å²) in [6, 6.07) is 0.175. The second-order valence-electron chi connectivity index (χ2n) is 6.79. The van der Waals surface area contributed by atoms with Crippen LogP contribution in [0.5, 0.6) is 0 Å². The number of rotatable bonds is 8. The van der Waals surface area contributed by atoms with Crippen molar-refractivity contribution in [2.24, 2.45) is 5.73 Å². The molecule has 2 aliphatic rings. The minimum Gasteiger partial charge on any atom is -0.388 e. The average Bonchev–Trinajstić information content (AvgIpc) is 3.04. The van der Waals surface area contributed by atoms with E-state index in [1.807, 2.05) is 0 Å². The summed E-state index contributed by atoms with van der Waals surface area (Å²) in [6.45, 7) is 1.49. The number of anilines is 1. The molecule has 1 aliphatic carbocycles. The number of nitrogens with two attached hydrogens (primary N) is 1. The molecule has 146 valence electrons. The number of methoxy groups -OCH3 is 1. The van der Waals surface area contributed by atoms with Gasteiger partial charge in [0.1, 0.15) is 0 Å². The van der Waals surface area contributed by atoms with E-state index in [0.717, 1.165) is 25.7 Å². The first-order chi connectivity index (χ1) is 13.1. The number of fused-ring (bicyclic) bond motifs is 1. The minimum absolute atomic E-state index is 0.0623. The normalized spacial score (nSPS) is 22.1. The molecule has 1 saturated carbocycles. The van der Waals surface area contributed by atoms with Crippen molar-refractivity contribution >= 4 is 23.6 Å². The molecule has 0 spiro atoms. The van der Waals surface area contributed by atoms with Crippen LogP contribution in [0.2, 0.25) is 0 Å². The number of carbonyl (C=O) groups is 1. The highest BCUT2D eigenvalue weighted by atomic mass is 16.5. The molecule has 0 radical (unpaired) electrons. The zero-order valence-corrected chi connectivity index (χ0v) is 15.5. The molecule has 2 unspecified atom stereocenters. The van der Waals surface area contributed by atoms with Crippen molar-refractivity contribution in [1.29, 1.82) is 5.41 Å². The third-order valence-corrected chi connectivity index (χ3v) is 4.90. The molecule has 1 aliphatic heterocycles. The van der Waals surface area contributed by atoms with Crippen LogP contribution in [0.3, 0.4) is 0 Å². The zero-order valence-electron chi connectivity index (χ0n) is 15.5. The Bertz CT molecular complexity index is 735. The Hall–Kier alpha value is -2.52. The maximum atomic E-state index is 12.3. The summed E-state index contributed by atoms with van der Waals surface area (Å²) in [5, 5.41) is 17.0. The van der Waals surface area contributed by atoms with E-state index < -0.39 is 0 Å². The molecule has 1 fully saturated rings. The van der Waals surface area contributed by atoms with Crippen molar-refractivity contribution in [3.05, 3.63) is 23.2 Å². The van der Waals surface area contributed by atoms with Gasteiger partial charge >= 0.3 is 0 Å². The molecule has 9 nitrogen and oxygen atoms in total. The molecule has 2 heterocycles. The molecule has 3 rings (SSSR count). The van der Waals surface area contributed by atoms with E-state index in [2.05, 4.69) is 25.9 Å². The molecule has 0 saturated heterocycles. The smallest absolute Gasteiger partial charge is 0.255 e. The Kier molecular flexibility index (Phi) is 6.36. The van der Waals surface area contributed by atoms with Crippen molar-refractivity contribution < 1.29 is 9.53 Å². The lowest BCUT2D eigenvalue weighted by Gasteiger charge is -2.29. The number of hydrogen-bond donors (Lipinski definition) is 5. The minimum atomic E-state index is -0.217. The lowest BCUT2D eigenvalue weighted by atomic mass is 9.91. The fourth-order valence-electron chi connectivity index (χ4n) is 3.43. The molecule has 1 aromatic rings. The average molecular weight is 373 g/mol. The van der Waals surface area contributed by atoms with Crippen LogP contribution in [0.25, 0.3) is 5.57 Å². The van der Waals surface area contributed by atoms with Gasteiger partial charge in [0.15, 0.2) is 0 Å². The monoisotopic (exact) mass is 373 g/mol. The molecule has 27 heavy (non-hydrogen) atoms. The van der Waals surface area contributed by atoms with Crippen LogP contribution in [0.1, 0.15) is 47.4 Å². The topological polar surface area (TPSA) is 138 Å². The highest BCUT2D eigenvalue weighted by Crippen LogP contribution is 2.25. The number of nitrogens with one attached hydrogen (secondary N) is 4. The summed E-state index contributed by atoms with van der Waals surface area (Å²) >= 11 is 0. The number of ether oxygens (including phenoxy) is 1. The zero-order chi connectivity index (χ0) is 19.2. The first-order valence-electron chi connectivity index (χ1n) is 9.28. The van der Waals surface area contributed by atoms with Gasteiger partial charge in [-0.05, 0) is 12.8 Å². The summed E-state index contributed by atoms with van der Waals surface area (Å²) < 4.78 is 5.01. The Balaban J connectivity index is 1.90. The molecule has 0 bridgehead atoms. The Morgan fingerprint density at radius 1 is 1.41 bits per heavy atom. The molecule has 2 atom stereocenters. The number of carbonyl (C=O) groups excluding carboxylic acids is 1. The molecule has 1 amide bonds. The number of allylic oxidation sites excluding steroid dienone is 1. The van der Waals surface area contributed by atoms with Gasteiger partial charge in [-0.2, -0.15) is 0 Å². The summed E-state index contributed by atoms with van der Waals surface area (Å²) in [6.07, 6.45) is 7.07. The molecule has 9 heteroatoms. The summed E-state index contributed by atoms with van der Waals surface area (Å²) in [5.41, 5.74) is 8.25. The third kappa shape index (κ3) is 4.42. The summed E-state index contributed by atoms with van der Waals surface area (Å²) in [5.74, 6) is 0.234. The van der Waals surface area contributed by atoms with Crippen LogP contribution >= 0.6 is 0 Å². The third-order valence-electron chi connectivity index (χ3n) is 4.90. The second-order valence-corrected chi connectivity index (χ2v) is 6.79. The number of aromatic nitrogens is 2. The van der Waals surface area contributed by atoms with E-state index in [-0.39, 0.29) is 18.0 Å². The van der Waals surface area contributed by atoms with Gasteiger partial charge in [0.05, 0.1) is 30.1 Å². The van der Waals surface area contributed by atoms with Crippen molar-refractivity contribution in [3.8, 4) is 0 Å². The second kappa shape index (κ2) is 8.92. The van der Waals surface area contributed by atoms with Gasteiger partial charge in [0.2, 0.25) is 5.95 Å². The van der Waals surface area contributed by atoms with E-state index in [4.69, 9.17) is 15.9 Å². The Morgan fingerprint density at radius 2 is 2.22 bits per heavy atom. The van der Waals surface area contributed by atoms with E-state index in [1.165, 1.54) is 6.21 Å². The Labute approximate surface area is 158 Å². The standard InChI is InChI=1S/C18H27N7O2/c1-27-7-6-21-9-11(8-19)16-15-14(10-22-17(15)26)24-18(25-16)23-13-5-3-2-4-12(13)20/h8-9,12-13,19,21H,2-7,10,20H2,1H3,(H,22,26)(H,23,24,25)/b11-9+,19-8?. The number of hydrogen-bond acceptors (Lipinski definition) is 8. The highest BCUT2D eigenvalue weighted by Gasteiger charge is 2.29. The molecular weight excluding hydrogens is 346 g/mol. The van der Waals surface area contributed by atoms with Gasteiger partial charge in [-0.25, -0.2) is 9.97 Å². The fourth-order valence-corrected chi connectivity index (χ4v) is 3.43. The van der Waals surface area contributed by atoms with Crippen molar-refractivity contribution in [2.45, 2.75) is 44.3 Å². The first-order valence-corrected chi connectivity index (χ1v) is 9.28. The number of amides is 1. The predicted octanol–water partition coefficient (Wildman–Crippen LogP) is 0.628. The van der Waals surface area contributed by atoms with Gasteiger partial charge in [-0.1, -0.05) is 12.8 Å². The largest absolute Gasteiger partial charge is 0.388 e. The summed E-state index contributed by atoms with van der Waals surface area (Å²) in [7, 11) is 1.62. The van der Waals surface area contributed by atoms with Gasteiger partial charge in [0.25, 0.3) is 5.91 Å². The number of nitrogens with zero attached hydrogens (tertiary/aromatic N) is 2. The van der Waals surface area contributed by atoms with Crippen molar-refractivity contribution in [3.63, 3.8) is 0 Å².